The summed E-state index contributed by atoms with van der Waals surface area (Å²) in [5, 5.41) is 0. The maximum Gasteiger partial charge on any atom is 0.0519 e. The van der Waals surface area contributed by atoms with E-state index in [4.69, 9.17) is 4.74 Å². The first-order valence-corrected chi connectivity index (χ1v) is 7.72. The molecule has 0 aliphatic carbocycles. The average Bonchev–Trinajstić information content (AvgIpc) is 2.19. The number of ether oxygens (including phenoxy) is 1. The van der Waals surface area contributed by atoms with Crippen LogP contribution >= 0.6 is 0 Å². The molecule has 0 spiro atoms. The van der Waals surface area contributed by atoms with Crippen LogP contribution in [0.15, 0.2) is 0 Å². The number of rotatable bonds is 8. The van der Waals surface area contributed by atoms with E-state index in [0.717, 1.165) is 25.0 Å². The van der Waals surface area contributed by atoms with Crippen LogP contribution in [0.25, 0.3) is 0 Å². The van der Waals surface area contributed by atoms with Gasteiger partial charge in [0.1, 0.15) is 0 Å². The van der Waals surface area contributed by atoms with E-state index in [0.29, 0.717) is 5.41 Å². The Morgan fingerprint density at radius 3 is 2.33 bits per heavy atom. The second kappa shape index (κ2) is 7.49. The highest BCUT2D eigenvalue weighted by Gasteiger charge is 2.24. The van der Waals surface area contributed by atoms with Crippen LogP contribution in [-0.4, -0.2) is 37.7 Å². The molecular formula is C16H33NO. The van der Waals surface area contributed by atoms with Gasteiger partial charge in [0.05, 0.1) is 13.2 Å². The summed E-state index contributed by atoms with van der Waals surface area (Å²) in [6.45, 7) is 17.4. The van der Waals surface area contributed by atoms with E-state index in [1.165, 1.54) is 38.9 Å². The maximum absolute atomic E-state index is 5.27. The molecule has 1 atom stereocenters. The third-order valence-corrected chi connectivity index (χ3v) is 4.23. The molecular weight excluding hydrogens is 222 g/mol. The molecule has 2 heteroatoms. The highest BCUT2D eigenvalue weighted by molar-refractivity contribution is 4.72. The van der Waals surface area contributed by atoms with Gasteiger partial charge in [-0.1, -0.05) is 34.6 Å². The Morgan fingerprint density at radius 1 is 1.22 bits per heavy atom. The van der Waals surface area contributed by atoms with Gasteiger partial charge in [-0.25, -0.2) is 0 Å². The predicted molar refractivity (Wildman–Crippen MR) is 78.9 cm³/mol. The fourth-order valence-corrected chi connectivity index (χ4v) is 2.38. The first-order valence-electron chi connectivity index (χ1n) is 7.72. The van der Waals surface area contributed by atoms with Crippen molar-refractivity contribution in [2.45, 2.75) is 53.9 Å². The fourth-order valence-electron chi connectivity index (χ4n) is 2.38. The lowest BCUT2D eigenvalue weighted by molar-refractivity contribution is -0.0590. The Bertz CT molecular complexity index is 218. The van der Waals surface area contributed by atoms with Crippen LogP contribution in [0.5, 0.6) is 0 Å². The maximum atomic E-state index is 5.27. The van der Waals surface area contributed by atoms with Crippen LogP contribution in [0.4, 0.5) is 0 Å². The summed E-state index contributed by atoms with van der Waals surface area (Å²) >= 11 is 0. The minimum absolute atomic E-state index is 0.462. The normalized spacial score (nSPS) is 19.0. The molecule has 1 unspecified atom stereocenters. The Hall–Kier alpha value is -0.0800. The molecule has 1 aliphatic heterocycles. The smallest absolute Gasteiger partial charge is 0.0519 e. The van der Waals surface area contributed by atoms with Crippen molar-refractivity contribution in [3.05, 3.63) is 0 Å². The zero-order valence-corrected chi connectivity index (χ0v) is 13.2. The van der Waals surface area contributed by atoms with Crippen LogP contribution in [0, 0.1) is 17.3 Å². The molecule has 108 valence electrons. The van der Waals surface area contributed by atoms with E-state index in [2.05, 4.69) is 39.5 Å². The molecule has 0 radical (unpaired) electrons. The SMILES string of the molecule is CCN(CCCC(C)C1COC1)CCC(C)(C)C. The third kappa shape index (κ3) is 6.19. The molecule has 0 N–H and O–H groups in total. The van der Waals surface area contributed by atoms with Crippen LogP contribution in [0.3, 0.4) is 0 Å². The van der Waals surface area contributed by atoms with Gasteiger partial charge >= 0.3 is 0 Å². The average molecular weight is 255 g/mol. The standard InChI is InChI=1S/C16H33NO/c1-6-17(11-9-16(3,4)5)10-7-8-14(2)15-12-18-13-15/h14-15H,6-13H2,1-5H3. The summed E-state index contributed by atoms with van der Waals surface area (Å²) in [6, 6.07) is 0. The molecule has 0 saturated carbocycles. The van der Waals surface area contributed by atoms with Crippen molar-refractivity contribution in [3.63, 3.8) is 0 Å². The predicted octanol–water partition coefficient (Wildman–Crippen LogP) is 3.81. The lowest BCUT2D eigenvalue weighted by atomic mass is 9.88. The summed E-state index contributed by atoms with van der Waals surface area (Å²) in [4.78, 5) is 2.61. The fraction of sp³-hybridized carbons (Fsp3) is 1.00. The van der Waals surface area contributed by atoms with E-state index < -0.39 is 0 Å². The van der Waals surface area contributed by atoms with Gasteiger partial charge in [-0.05, 0) is 50.2 Å². The number of nitrogens with zero attached hydrogens (tertiary/aromatic N) is 1. The summed E-state index contributed by atoms with van der Waals surface area (Å²) in [7, 11) is 0. The molecule has 2 nitrogen and oxygen atoms in total. The van der Waals surface area contributed by atoms with Crippen molar-refractivity contribution < 1.29 is 4.74 Å². The van der Waals surface area contributed by atoms with Crippen molar-refractivity contribution in [2.24, 2.45) is 17.3 Å². The van der Waals surface area contributed by atoms with Crippen molar-refractivity contribution in [1.29, 1.82) is 0 Å². The molecule has 1 heterocycles. The third-order valence-electron chi connectivity index (χ3n) is 4.23. The first-order chi connectivity index (χ1) is 8.42. The Balaban J connectivity index is 2.10. The minimum Gasteiger partial charge on any atom is -0.381 e. The number of hydrogen-bond donors (Lipinski definition) is 0. The molecule has 0 aromatic heterocycles. The lowest BCUT2D eigenvalue weighted by Crippen LogP contribution is -2.34. The first kappa shape index (κ1) is 16.0. The van der Waals surface area contributed by atoms with Crippen LogP contribution in [-0.2, 0) is 4.74 Å². The van der Waals surface area contributed by atoms with Crippen LogP contribution < -0.4 is 0 Å². The van der Waals surface area contributed by atoms with E-state index in [-0.39, 0.29) is 0 Å². The Labute approximate surface area is 114 Å². The zero-order valence-electron chi connectivity index (χ0n) is 13.2. The van der Waals surface area contributed by atoms with Crippen molar-refractivity contribution in [3.8, 4) is 0 Å². The Morgan fingerprint density at radius 2 is 1.89 bits per heavy atom. The topological polar surface area (TPSA) is 12.5 Å². The van der Waals surface area contributed by atoms with Gasteiger partial charge in [-0.2, -0.15) is 0 Å². The zero-order chi connectivity index (χ0) is 13.6. The van der Waals surface area contributed by atoms with Gasteiger partial charge in [0.15, 0.2) is 0 Å². The minimum atomic E-state index is 0.462. The number of hydrogen-bond acceptors (Lipinski definition) is 2. The summed E-state index contributed by atoms with van der Waals surface area (Å²) in [5.74, 6) is 1.69. The van der Waals surface area contributed by atoms with E-state index in [9.17, 15) is 0 Å². The molecule has 0 bridgehead atoms. The largest absolute Gasteiger partial charge is 0.381 e. The van der Waals surface area contributed by atoms with Crippen molar-refractivity contribution in [2.75, 3.05) is 32.8 Å². The second-order valence-electron chi connectivity index (χ2n) is 7.16. The highest BCUT2D eigenvalue weighted by Crippen LogP contribution is 2.24. The van der Waals surface area contributed by atoms with Crippen molar-refractivity contribution in [1.82, 2.24) is 4.90 Å². The van der Waals surface area contributed by atoms with Gasteiger partial charge in [0.25, 0.3) is 0 Å². The Kier molecular flexibility index (Phi) is 6.65. The molecule has 18 heavy (non-hydrogen) atoms. The van der Waals surface area contributed by atoms with Gasteiger partial charge in [-0.15, -0.1) is 0 Å². The molecule has 1 fully saturated rings. The van der Waals surface area contributed by atoms with E-state index in [1.54, 1.807) is 0 Å². The highest BCUT2D eigenvalue weighted by atomic mass is 16.5. The quantitative estimate of drug-likeness (QED) is 0.654. The van der Waals surface area contributed by atoms with Gasteiger partial charge < -0.3 is 9.64 Å². The molecule has 1 aliphatic rings. The molecule has 0 amide bonds. The lowest BCUT2D eigenvalue weighted by Gasteiger charge is -2.32. The van der Waals surface area contributed by atoms with E-state index in [1.807, 2.05) is 0 Å². The summed E-state index contributed by atoms with van der Waals surface area (Å²) < 4.78 is 5.27. The van der Waals surface area contributed by atoms with Gasteiger partial charge in [0, 0.05) is 5.92 Å². The van der Waals surface area contributed by atoms with Gasteiger partial charge in [0.2, 0.25) is 0 Å². The summed E-state index contributed by atoms with van der Waals surface area (Å²) in [6.07, 6.45) is 4.00. The second-order valence-corrected chi connectivity index (χ2v) is 7.16. The monoisotopic (exact) mass is 255 g/mol. The van der Waals surface area contributed by atoms with E-state index >= 15 is 0 Å². The van der Waals surface area contributed by atoms with Crippen LogP contribution in [0.2, 0.25) is 0 Å². The van der Waals surface area contributed by atoms with Gasteiger partial charge in [-0.3, -0.25) is 0 Å². The molecule has 1 rings (SSSR count). The van der Waals surface area contributed by atoms with Crippen molar-refractivity contribution >= 4 is 0 Å². The summed E-state index contributed by atoms with van der Waals surface area (Å²) in [5.41, 5.74) is 0.462. The molecule has 1 saturated heterocycles. The van der Waals surface area contributed by atoms with Crippen LogP contribution in [0.1, 0.15) is 53.9 Å². The molecule has 0 aromatic carbocycles. The molecule has 0 aromatic rings.